The summed E-state index contributed by atoms with van der Waals surface area (Å²) in [7, 11) is 0. The summed E-state index contributed by atoms with van der Waals surface area (Å²) in [4.78, 5) is 11.6. The van der Waals surface area contributed by atoms with E-state index in [1.54, 1.807) is 0 Å². The van der Waals surface area contributed by atoms with Crippen molar-refractivity contribution in [2.45, 2.75) is 12.8 Å². The molecule has 0 aromatic rings. The Morgan fingerprint density at radius 2 is 2.36 bits per heavy atom. The van der Waals surface area contributed by atoms with Gasteiger partial charge < -0.3 is 10.0 Å². The lowest BCUT2D eigenvalue weighted by Gasteiger charge is -2.36. The highest BCUT2D eigenvalue weighted by Gasteiger charge is 2.29. The second-order valence-electron chi connectivity index (χ2n) is 2.75. The molecule has 1 aliphatic rings. The fourth-order valence-electron chi connectivity index (χ4n) is 1.18. The minimum absolute atomic E-state index is 0.422. The molecule has 11 heavy (non-hydrogen) atoms. The van der Waals surface area contributed by atoms with Crippen molar-refractivity contribution < 1.29 is 9.90 Å². The van der Waals surface area contributed by atoms with E-state index < -0.39 is 6.09 Å². The fourth-order valence-corrected chi connectivity index (χ4v) is 1.18. The van der Waals surface area contributed by atoms with Crippen LogP contribution in [-0.2, 0) is 0 Å². The predicted molar refractivity (Wildman–Crippen MR) is 37.9 cm³/mol. The van der Waals surface area contributed by atoms with Crippen LogP contribution in [0.2, 0.25) is 0 Å². The van der Waals surface area contributed by atoms with Crippen LogP contribution in [0.3, 0.4) is 0 Å². The average molecular weight is 154 g/mol. The van der Waals surface area contributed by atoms with Gasteiger partial charge in [-0.15, -0.1) is 0 Å². The predicted octanol–water partition coefficient (Wildman–Crippen LogP) is 0.900. The van der Waals surface area contributed by atoms with E-state index in [9.17, 15) is 4.79 Å². The highest BCUT2D eigenvalue weighted by atomic mass is 16.4. The van der Waals surface area contributed by atoms with Crippen LogP contribution in [0.4, 0.5) is 4.79 Å². The number of rotatable bonds is 2. The lowest BCUT2D eigenvalue weighted by atomic mass is 9.96. The maximum atomic E-state index is 10.3. The van der Waals surface area contributed by atoms with Gasteiger partial charge in [-0.1, -0.05) is 0 Å². The average Bonchev–Trinajstić information content (AvgIpc) is 1.84. The first-order valence-corrected chi connectivity index (χ1v) is 3.59. The molecule has 0 aromatic heterocycles. The van der Waals surface area contributed by atoms with E-state index in [1.807, 2.05) is 6.07 Å². The molecule has 1 amide bonds. The minimum Gasteiger partial charge on any atom is -0.465 e. The van der Waals surface area contributed by atoms with Crippen molar-refractivity contribution >= 4 is 6.09 Å². The first-order valence-electron chi connectivity index (χ1n) is 3.59. The summed E-state index contributed by atoms with van der Waals surface area (Å²) in [6, 6.07) is 2.04. The number of hydrogen-bond donors (Lipinski definition) is 1. The smallest absolute Gasteiger partial charge is 0.407 e. The van der Waals surface area contributed by atoms with Crippen molar-refractivity contribution in [1.82, 2.24) is 4.90 Å². The lowest BCUT2D eigenvalue weighted by molar-refractivity contribution is 0.0790. The summed E-state index contributed by atoms with van der Waals surface area (Å²) < 4.78 is 0. The zero-order valence-electron chi connectivity index (χ0n) is 6.16. The molecule has 0 saturated carbocycles. The fraction of sp³-hybridized carbons (Fsp3) is 0.714. The second kappa shape index (κ2) is 3.24. The first-order chi connectivity index (χ1) is 5.24. The molecule has 1 aliphatic heterocycles. The molecular formula is C7H10N2O2. The zero-order chi connectivity index (χ0) is 8.27. The minimum atomic E-state index is -0.849. The Kier molecular flexibility index (Phi) is 2.32. The molecule has 0 bridgehead atoms. The van der Waals surface area contributed by atoms with Gasteiger partial charge in [-0.2, -0.15) is 5.26 Å². The largest absolute Gasteiger partial charge is 0.465 e. The molecule has 0 radical (unpaired) electrons. The van der Waals surface area contributed by atoms with E-state index in [4.69, 9.17) is 10.4 Å². The number of likely N-dealkylation sites (tertiary alicyclic amines) is 1. The molecule has 1 heterocycles. The van der Waals surface area contributed by atoms with Crippen molar-refractivity contribution in [3.8, 4) is 6.07 Å². The van der Waals surface area contributed by atoms with Gasteiger partial charge in [-0.05, 0) is 12.3 Å². The van der Waals surface area contributed by atoms with Crippen LogP contribution in [0.5, 0.6) is 0 Å². The summed E-state index contributed by atoms with van der Waals surface area (Å²) in [5.74, 6) is 0.422. The number of carbonyl (C=O) groups is 1. The van der Waals surface area contributed by atoms with E-state index in [0.717, 1.165) is 6.42 Å². The monoisotopic (exact) mass is 154 g/mol. The summed E-state index contributed by atoms with van der Waals surface area (Å²) in [6.45, 7) is 1.22. The maximum absolute atomic E-state index is 10.3. The van der Waals surface area contributed by atoms with Gasteiger partial charge in [0, 0.05) is 19.5 Å². The van der Waals surface area contributed by atoms with E-state index in [-0.39, 0.29) is 0 Å². The molecule has 0 atom stereocenters. The quantitative estimate of drug-likeness (QED) is 0.642. The number of nitriles is 1. The molecule has 0 aliphatic carbocycles. The first kappa shape index (κ1) is 7.86. The van der Waals surface area contributed by atoms with Crippen LogP contribution in [0.15, 0.2) is 0 Å². The number of nitrogens with zero attached hydrogens (tertiary/aromatic N) is 2. The lowest BCUT2D eigenvalue weighted by Crippen LogP contribution is -2.49. The molecule has 60 valence electrons. The Hall–Kier alpha value is -1.24. The van der Waals surface area contributed by atoms with Crippen LogP contribution in [0.25, 0.3) is 0 Å². The molecule has 0 unspecified atom stereocenters. The number of amides is 1. The van der Waals surface area contributed by atoms with Gasteiger partial charge >= 0.3 is 6.09 Å². The van der Waals surface area contributed by atoms with E-state index in [1.165, 1.54) is 4.90 Å². The molecule has 0 spiro atoms. The van der Waals surface area contributed by atoms with E-state index in [0.29, 0.717) is 25.4 Å². The van der Waals surface area contributed by atoms with Crippen molar-refractivity contribution in [3.05, 3.63) is 0 Å². The third-order valence-corrected chi connectivity index (χ3v) is 1.89. The number of carboxylic acid groups (broad SMARTS) is 1. The SMILES string of the molecule is N#CCCC1CN(C(=O)O)C1. The summed E-state index contributed by atoms with van der Waals surface area (Å²) in [5, 5.41) is 16.7. The third kappa shape index (κ3) is 1.84. The second-order valence-corrected chi connectivity index (χ2v) is 2.75. The van der Waals surface area contributed by atoms with Gasteiger partial charge in [-0.3, -0.25) is 0 Å². The van der Waals surface area contributed by atoms with Crippen LogP contribution in [0.1, 0.15) is 12.8 Å². The Balaban J connectivity index is 2.10. The van der Waals surface area contributed by atoms with Crippen molar-refractivity contribution in [2.75, 3.05) is 13.1 Å². The van der Waals surface area contributed by atoms with Crippen molar-refractivity contribution in [1.29, 1.82) is 5.26 Å². The summed E-state index contributed by atoms with van der Waals surface area (Å²) in [5.41, 5.74) is 0. The molecule has 4 heteroatoms. The van der Waals surface area contributed by atoms with E-state index >= 15 is 0 Å². The van der Waals surface area contributed by atoms with Crippen molar-refractivity contribution in [3.63, 3.8) is 0 Å². The van der Waals surface area contributed by atoms with Gasteiger partial charge in [0.25, 0.3) is 0 Å². The Labute approximate surface area is 65.0 Å². The van der Waals surface area contributed by atoms with Crippen LogP contribution in [-0.4, -0.2) is 29.2 Å². The van der Waals surface area contributed by atoms with Crippen molar-refractivity contribution in [2.24, 2.45) is 5.92 Å². The normalized spacial score (nSPS) is 17.2. The van der Waals surface area contributed by atoms with Crippen LogP contribution >= 0.6 is 0 Å². The van der Waals surface area contributed by atoms with Gasteiger partial charge in [0.1, 0.15) is 0 Å². The zero-order valence-corrected chi connectivity index (χ0v) is 6.16. The summed E-state index contributed by atoms with van der Waals surface area (Å²) >= 11 is 0. The Bertz CT molecular complexity index is 191. The van der Waals surface area contributed by atoms with Gasteiger partial charge in [0.05, 0.1) is 6.07 Å². The highest BCUT2D eigenvalue weighted by molar-refractivity contribution is 5.65. The Morgan fingerprint density at radius 1 is 1.73 bits per heavy atom. The molecule has 4 nitrogen and oxygen atoms in total. The standard InChI is InChI=1S/C7H10N2O2/c8-3-1-2-6-4-9(5-6)7(10)11/h6H,1-2,4-5H2,(H,10,11). The topological polar surface area (TPSA) is 64.3 Å². The molecule has 1 N–H and O–H groups in total. The summed E-state index contributed by atoms with van der Waals surface area (Å²) in [6.07, 6.45) is 0.525. The maximum Gasteiger partial charge on any atom is 0.407 e. The Morgan fingerprint density at radius 3 is 2.82 bits per heavy atom. The third-order valence-electron chi connectivity index (χ3n) is 1.89. The van der Waals surface area contributed by atoms with Gasteiger partial charge in [0.15, 0.2) is 0 Å². The molecule has 0 aromatic carbocycles. The molecular weight excluding hydrogens is 144 g/mol. The highest BCUT2D eigenvalue weighted by Crippen LogP contribution is 2.19. The van der Waals surface area contributed by atoms with E-state index in [2.05, 4.69) is 0 Å². The molecule has 1 fully saturated rings. The molecule has 1 saturated heterocycles. The molecule has 1 rings (SSSR count). The van der Waals surface area contributed by atoms with Gasteiger partial charge in [0.2, 0.25) is 0 Å². The van der Waals surface area contributed by atoms with Gasteiger partial charge in [-0.25, -0.2) is 4.79 Å². The van der Waals surface area contributed by atoms with Crippen LogP contribution < -0.4 is 0 Å². The number of hydrogen-bond acceptors (Lipinski definition) is 2. The van der Waals surface area contributed by atoms with Crippen LogP contribution in [0, 0.1) is 17.2 Å².